The fourth-order valence-electron chi connectivity index (χ4n) is 2.22. The maximum Gasteiger partial charge on any atom is 0.321 e. The molecule has 1 heterocycles. The molecule has 0 aliphatic carbocycles. The summed E-state index contributed by atoms with van der Waals surface area (Å²) in [4.78, 5) is 25.2. The van der Waals surface area contributed by atoms with Gasteiger partial charge in [0.15, 0.2) is 0 Å². The number of hydrogen-bond donors (Lipinski definition) is 1. The Morgan fingerprint density at radius 3 is 2.40 bits per heavy atom. The van der Waals surface area contributed by atoms with E-state index in [2.05, 4.69) is 5.32 Å². The number of nitrogens with zero attached hydrogens (tertiary/aromatic N) is 1. The first-order valence-corrected chi connectivity index (χ1v) is 6.87. The number of piperidine rings is 1. The number of ether oxygens (including phenoxy) is 1. The van der Waals surface area contributed by atoms with Crippen LogP contribution in [0.5, 0.6) is 0 Å². The number of carbonyl (C=O) groups is 2. The highest BCUT2D eigenvalue weighted by atomic mass is 35.5. The van der Waals surface area contributed by atoms with Gasteiger partial charge in [-0.05, 0) is 37.1 Å². The number of amides is 2. The van der Waals surface area contributed by atoms with Crippen LogP contribution in [0.4, 0.5) is 10.5 Å². The standard InChI is InChI=1S/C14H17ClN2O3/c1-20-13(18)10-6-8-17(9-7-10)14(19)16-12-4-2-11(15)3-5-12/h2-5,10H,6-9H2,1H3,(H,16,19). The number of halogens is 1. The Balaban J connectivity index is 1.85. The summed E-state index contributed by atoms with van der Waals surface area (Å²) in [5.74, 6) is -0.289. The second-order valence-corrected chi connectivity index (χ2v) is 5.16. The average Bonchev–Trinajstić information content (AvgIpc) is 2.49. The summed E-state index contributed by atoms with van der Waals surface area (Å²) in [5, 5.41) is 3.44. The SMILES string of the molecule is COC(=O)C1CCN(C(=O)Nc2ccc(Cl)cc2)CC1. The van der Waals surface area contributed by atoms with Gasteiger partial charge < -0.3 is 15.0 Å². The maximum atomic E-state index is 12.1. The van der Waals surface area contributed by atoms with E-state index in [1.54, 1.807) is 29.2 Å². The molecule has 0 atom stereocenters. The lowest BCUT2D eigenvalue weighted by Crippen LogP contribution is -2.42. The molecule has 1 N–H and O–H groups in total. The number of urea groups is 1. The van der Waals surface area contributed by atoms with E-state index >= 15 is 0 Å². The zero-order chi connectivity index (χ0) is 14.5. The van der Waals surface area contributed by atoms with Crippen LogP contribution in [0.15, 0.2) is 24.3 Å². The third-order valence-electron chi connectivity index (χ3n) is 3.41. The number of carbonyl (C=O) groups excluding carboxylic acids is 2. The minimum Gasteiger partial charge on any atom is -0.469 e. The van der Waals surface area contributed by atoms with Gasteiger partial charge in [0, 0.05) is 23.8 Å². The van der Waals surface area contributed by atoms with E-state index in [4.69, 9.17) is 16.3 Å². The molecule has 2 amide bonds. The lowest BCUT2D eigenvalue weighted by atomic mass is 9.97. The third-order valence-corrected chi connectivity index (χ3v) is 3.66. The first kappa shape index (κ1) is 14.7. The smallest absolute Gasteiger partial charge is 0.321 e. The van der Waals surface area contributed by atoms with Crippen LogP contribution in [-0.2, 0) is 9.53 Å². The highest BCUT2D eigenvalue weighted by Crippen LogP contribution is 2.20. The molecule has 0 saturated carbocycles. The van der Waals surface area contributed by atoms with Crippen molar-refractivity contribution in [1.82, 2.24) is 4.90 Å². The number of anilines is 1. The number of nitrogens with one attached hydrogen (secondary N) is 1. The molecule has 5 nitrogen and oxygen atoms in total. The number of rotatable bonds is 2. The minimum absolute atomic E-state index is 0.0976. The van der Waals surface area contributed by atoms with Crippen LogP contribution in [0.3, 0.4) is 0 Å². The van der Waals surface area contributed by atoms with E-state index in [0.717, 1.165) is 0 Å². The van der Waals surface area contributed by atoms with E-state index in [9.17, 15) is 9.59 Å². The predicted molar refractivity (Wildman–Crippen MR) is 76.8 cm³/mol. The molecular weight excluding hydrogens is 280 g/mol. The highest BCUT2D eigenvalue weighted by Gasteiger charge is 2.27. The number of benzene rings is 1. The molecule has 0 aromatic heterocycles. The van der Waals surface area contributed by atoms with Gasteiger partial charge in [-0.25, -0.2) is 4.79 Å². The normalized spacial score (nSPS) is 15.8. The summed E-state index contributed by atoms with van der Waals surface area (Å²) < 4.78 is 4.72. The maximum absolute atomic E-state index is 12.1. The molecule has 1 aliphatic rings. The van der Waals surface area contributed by atoms with Gasteiger partial charge in [0.05, 0.1) is 13.0 Å². The predicted octanol–water partition coefficient (Wildman–Crippen LogP) is 2.76. The molecule has 6 heteroatoms. The molecule has 1 fully saturated rings. The van der Waals surface area contributed by atoms with Crippen molar-refractivity contribution in [2.24, 2.45) is 5.92 Å². The number of hydrogen-bond acceptors (Lipinski definition) is 3. The topological polar surface area (TPSA) is 58.6 Å². The summed E-state index contributed by atoms with van der Waals surface area (Å²) in [6, 6.07) is 6.79. The van der Waals surface area contributed by atoms with E-state index < -0.39 is 0 Å². The van der Waals surface area contributed by atoms with Crippen molar-refractivity contribution in [2.45, 2.75) is 12.8 Å². The van der Waals surface area contributed by atoms with Crippen molar-refractivity contribution in [3.8, 4) is 0 Å². The van der Waals surface area contributed by atoms with Crippen molar-refractivity contribution < 1.29 is 14.3 Å². The minimum atomic E-state index is -0.192. The quantitative estimate of drug-likeness (QED) is 0.854. The van der Waals surface area contributed by atoms with Crippen LogP contribution in [-0.4, -0.2) is 37.1 Å². The lowest BCUT2D eigenvalue weighted by Gasteiger charge is -2.30. The molecule has 1 saturated heterocycles. The third kappa shape index (κ3) is 3.63. The molecule has 1 aromatic rings. The zero-order valence-electron chi connectivity index (χ0n) is 11.3. The molecule has 0 spiro atoms. The van der Waals surface area contributed by atoms with Crippen molar-refractivity contribution >= 4 is 29.3 Å². The Kier molecular flexibility index (Phi) is 4.84. The lowest BCUT2D eigenvalue weighted by molar-refractivity contribution is -0.146. The molecule has 1 aliphatic heterocycles. The van der Waals surface area contributed by atoms with Crippen LogP contribution in [0.1, 0.15) is 12.8 Å². The molecule has 2 rings (SSSR count). The van der Waals surface area contributed by atoms with Gasteiger partial charge in [-0.15, -0.1) is 0 Å². The van der Waals surface area contributed by atoms with Crippen LogP contribution < -0.4 is 5.32 Å². The van der Waals surface area contributed by atoms with E-state index in [1.807, 2.05) is 0 Å². The summed E-state index contributed by atoms with van der Waals surface area (Å²) in [5.41, 5.74) is 0.703. The van der Waals surface area contributed by atoms with Crippen molar-refractivity contribution in [3.05, 3.63) is 29.3 Å². The molecule has 1 aromatic carbocycles. The molecule has 108 valence electrons. The van der Waals surface area contributed by atoms with Gasteiger partial charge in [-0.1, -0.05) is 11.6 Å². The summed E-state index contributed by atoms with van der Waals surface area (Å²) in [6.45, 7) is 1.11. The summed E-state index contributed by atoms with van der Waals surface area (Å²) in [7, 11) is 1.39. The first-order chi connectivity index (χ1) is 9.60. The zero-order valence-corrected chi connectivity index (χ0v) is 12.0. The number of esters is 1. The Hall–Kier alpha value is -1.75. The van der Waals surface area contributed by atoms with Gasteiger partial charge >= 0.3 is 12.0 Å². The van der Waals surface area contributed by atoms with Gasteiger partial charge in [-0.2, -0.15) is 0 Å². The second-order valence-electron chi connectivity index (χ2n) is 4.72. The Morgan fingerprint density at radius 1 is 1.25 bits per heavy atom. The Bertz CT molecular complexity index is 482. The van der Waals surface area contributed by atoms with Gasteiger partial charge in [0.2, 0.25) is 0 Å². The fraction of sp³-hybridized carbons (Fsp3) is 0.429. The largest absolute Gasteiger partial charge is 0.469 e. The number of methoxy groups -OCH3 is 1. The molecule has 0 bridgehead atoms. The van der Waals surface area contributed by atoms with Crippen molar-refractivity contribution in [3.63, 3.8) is 0 Å². The van der Waals surface area contributed by atoms with Crippen molar-refractivity contribution in [1.29, 1.82) is 0 Å². The van der Waals surface area contributed by atoms with Crippen LogP contribution in [0, 0.1) is 5.92 Å². The summed E-state index contributed by atoms with van der Waals surface area (Å²) in [6.07, 6.45) is 1.28. The highest BCUT2D eigenvalue weighted by molar-refractivity contribution is 6.30. The number of likely N-dealkylation sites (tertiary alicyclic amines) is 1. The Labute approximate surface area is 122 Å². The van der Waals surface area contributed by atoms with Gasteiger partial charge in [0.1, 0.15) is 0 Å². The summed E-state index contributed by atoms with van der Waals surface area (Å²) >= 11 is 5.79. The van der Waals surface area contributed by atoms with E-state index in [-0.39, 0.29) is 17.9 Å². The Morgan fingerprint density at radius 2 is 1.85 bits per heavy atom. The van der Waals surface area contributed by atoms with E-state index in [1.165, 1.54) is 7.11 Å². The molecule has 0 unspecified atom stereocenters. The average molecular weight is 297 g/mol. The van der Waals surface area contributed by atoms with Crippen molar-refractivity contribution in [2.75, 3.05) is 25.5 Å². The molecule has 0 radical (unpaired) electrons. The molecular formula is C14H17ClN2O3. The molecule has 20 heavy (non-hydrogen) atoms. The second kappa shape index (κ2) is 6.61. The van der Waals surface area contributed by atoms with Gasteiger partial charge in [0.25, 0.3) is 0 Å². The van der Waals surface area contributed by atoms with E-state index in [0.29, 0.717) is 36.6 Å². The fourth-order valence-corrected chi connectivity index (χ4v) is 2.35. The monoisotopic (exact) mass is 296 g/mol. The van der Waals surface area contributed by atoms with Crippen LogP contribution in [0.2, 0.25) is 5.02 Å². The van der Waals surface area contributed by atoms with Crippen LogP contribution >= 0.6 is 11.6 Å². The van der Waals surface area contributed by atoms with Crippen LogP contribution in [0.25, 0.3) is 0 Å². The van der Waals surface area contributed by atoms with Gasteiger partial charge in [-0.3, -0.25) is 4.79 Å². The first-order valence-electron chi connectivity index (χ1n) is 6.49.